The number of H-pyrrole nitrogens is 1. The SMILES string of the molecule is C=CC(=O)N1CC(N(C)c2cccc3[nH]c([C@@H]4CCOC4)cc23)C1. The van der Waals surface area contributed by atoms with Gasteiger partial charge in [-0.05, 0) is 30.7 Å². The molecule has 5 nitrogen and oxygen atoms in total. The largest absolute Gasteiger partial charge is 0.381 e. The minimum absolute atomic E-state index is 0.0167. The first-order valence-corrected chi connectivity index (χ1v) is 8.51. The maximum Gasteiger partial charge on any atom is 0.246 e. The monoisotopic (exact) mass is 325 g/mol. The number of nitrogens with one attached hydrogen (secondary N) is 1. The number of rotatable bonds is 4. The summed E-state index contributed by atoms with van der Waals surface area (Å²) in [6, 6.07) is 8.99. The van der Waals surface area contributed by atoms with Crippen LogP contribution < -0.4 is 4.90 Å². The van der Waals surface area contributed by atoms with E-state index in [4.69, 9.17) is 4.74 Å². The summed E-state index contributed by atoms with van der Waals surface area (Å²) < 4.78 is 5.52. The van der Waals surface area contributed by atoms with Gasteiger partial charge >= 0.3 is 0 Å². The number of hydrogen-bond donors (Lipinski definition) is 1. The van der Waals surface area contributed by atoms with Gasteiger partial charge in [0.15, 0.2) is 0 Å². The highest BCUT2D eigenvalue weighted by atomic mass is 16.5. The Morgan fingerprint density at radius 3 is 3.00 bits per heavy atom. The van der Waals surface area contributed by atoms with Gasteiger partial charge in [0, 0.05) is 54.9 Å². The van der Waals surface area contributed by atoms with Crippen LogP contribution in [0.15, 0.2) is 36.9 Å². The quantitative estimate of drug-likeness (QED) is 0.879. The van der Waals surface area contributed by atoms with Crippen molar-refractivity contribution in [2.24, 2.45) is 0 Å². The number of amides is 1. The lowest BCUT2D eigenvalue weighted by molar-refractivity contribution is -0.130. The molecule has 3 heterocycles. The maximum absolute atomic E-state index is 11.6. The first-order valence-electron chi connectivity index (χ1n) is 8.51. The Labute approximate surface area is 141 Å². The van der Waals surface area contributed by atoms with E-state index in [0.717, 1.165) is 32.7 Å². The van der Waals surface area contributed by atoms with Crippen LogP contribution in [-0.2, 0) is 9.53 Å². The lowest BCUT2D eigenvalue weighted by atomic mass is 10.0. The van der Waals surface area contributed by atoms with Crippen molar-refractivity contribution in [2.75, 3.05) is 38.3 Å². The van der Waals surface area contributed by atoms with E-state index in [-0.39, 0.29) is 5.91 Å². The van der Waals surface area contributed by atoms with Crippen LogP contribution in [0.4, 0.5) is 5.69 Å². The Morgan fingerprint density at radius 1 is 1.46 bits per heavy atom. The molecule has 126 valence electrons. The third-order valence-electron chi connectivity index (χ3n) is 5.31. The van der Waals surface area contributed by atoms with Gasteiger partial charge in [0.2, 0.25) is 5.91 Å². The number of ether oxygens (including phenoxy) is 1. The van der Waals surface area contributed by atoms with Crippen molar-refractivity contribution >= 4 is 22.5 Å². The molecule has 24 heavy (non-hydrogen) atoms. The second-order valence-electron chi connectivity index (χ2n) is 6.74. The molecule has 1 aromatic carbocycles. The predicted octanol–water partition coefficient (Wildman–Crippen LogP) is 2.50. The van der Waals surface area contributed by atoms with E-state index >= 15 is 0 Å². The summed E-state index contributed by atoms with van der Waals surface area (Å²) in [6.45, 7) is 6.72. The van der Waals surface area contributed by atoms with E-state index in [9.17, 15) is 4.79 Å². The van der Waals surface area contributed by atoms with Crippen molar-refractivity contribution in [2.45, 2.75) is 18.4 Å². The van der Waals surface area contributed by atoms with Crippen LogP contribution in [-0.4, -0.2) is 55.2 Å². The molecular weight excluding hydrogens is 302 g/mol. The summed E-state index contributed by atoms with van der Waals surface area (Å²) >= 11 is 0. The van der Waals surface area contributed by atoms with E-state index in [1.165, 1.54) is 28.4 Å². The van der Waals surface area contributed by atoms with E-state index in [0.29, 0.717) is 12.0 Å². The number of anilines is 1. The molecule has 1 atom stereocenters. The van der Waals surface area contributed by atoms with Crippen LogP contribution in [0.25, 0.3) is 10.9 Å². The van der Waals surface area contributed by atoms with Crippen LogP contribution in [0.3, 0.4) is 0 Å². The van der Waals surface area contributed by atoms with Gasteiger partial charge in [-0.25, -0.2) is 0 Å². The van der Waals surface area contributed by atoms with Gasteiger partial charge in [-0.15, -0.1) is 0 Å². The molecule has 2 fully saturated rings. The van der Waals surface area contributed by atoms with Crippen molar-refractivity contribution in [3.63, 3.8) is 0 Å². The van der Waals surface area contributed by atoms with Crippen molar-refractivity contribution in [3.05, 3.63) is 42.6 Å². The number of fused-ring (bicyclic) bond motifs is 1. The zero-order valence-corrected chi connectivity index (χ0v) is 14.0. The van der Waals surface area contributed by atoms with E-state index in [1.54, 1.807) is 0 Å². The Kier molecular flexibility index (Phi) is 3.81. The number of benzene rings is 1. The lowest BCUT2D eigenvalue weighted by Crippen LogP contribution is -2.60. The fourth-order valence-electron chi connectivity index (χ4n) is 3.67. The fourth-order valence-corrected chi connectivity index (χ4v) is 3.67. The highest BCUT2D eigenvalue weighted by molar-refractivity contribution is 5.93. The zero-order chi connectivity index (χ0) is 16.7. The summed E-state index contributed by atoms with van der Waals surface area (Å²) in [5.74, 6) is 0.489. The van der Waals surface area contributed by atoms with Gasteiger partial charge in [0.05, 0.1) is 12.6 Å². The number of likely N-dealkylation sites (N-methyl/N-ethyl adjacent to an activating group) is 1. The van der Waals surface area contributed by atoms with Gasteiger partial charge in [-0.3, -0.25) is 4.79 Å². The Hall–Kier alpha value is -2.27. The zero-order valence-electron chi connectivity index (χ0n) is 14.0. The van der Waals surface area contributed by atoms with Crippen LogP contribution in [0.2, 0.25) is 0 Å². The van der Waals surface area contributed by atoms with Gasteiger partial charge in [-0.1, -0.05) is 12.6 Å². The number of likely N-dealkylation sites (tertiary alicyclic amines) is 1. The van der Waals surface area contributed by atoms with Crippen molar-refractivity contribution in [3.8, 4) is 0 Å². The summed E-state index contributed by atoms with van der Waals surface area (Å²) in [7, 11) is 2.11. The first kappa shape index (κ1) is 15.3. The Balaban J connectivity index is 1.57. The molecule has 5 heteroatoms. The first-order chi connectivity index (χ1) is 11.7. The molecular formula is C19H23N3O2. The second-order valence-corrected chi connectivity index (χ2v) is 6.74. The molecule has 0 radical (unpaired) electrons. The number of aromatic nitrogens is 1. The molecule has 4 rings (SSSR count). The molecule has 1 N–H and O–H groups in total. The second kappa shape index (κ2) is 5.98. The van der Waals surface area contributed by atoms with Crippen LogP contribution in [0, 0.1) is 0 Å². The number of hydrogen-bond acceptors (Lipinski definition) is 3. The summed E-state index contributed by atoms with van der Waals surface area (Å²) in [5.41, 5.74) is 3.64. The highest BCUT2D eigenvalue weighted by Crippen LogP contribution is 2.33. The molecule has 0 unspecified atom stereocenters. The summed E-state index contributed by atoms with van der Waals surface area (Å²) in [4.78, 5) is 19.3. The maximum atomic E-state index is 11.6. The minimum Gasteiger partial charge on any atom is -0.381 e. The molecule has 2 aliphatic heterocycles. The molecule has 1 aromatic heterocycles. The molecule has 2 saturated heterocycles. The smallest absolute Gasteiger partial charge is 0.246 e. The van der Waals surface area contributed by atoms with Crippen LogP contribution >= 0.6 is 0 Å². The number of carbonyl (C=O) groups is 1. The van der Waals surface area contributed by atoms with Crippen molar-refractivity contribution in [1.82, 2.24) is 9.88 Å². The van der Waals surface area contributed by atoms with E-state index in [2.05, 4.69) is 47.8 Å². The molecule has 0 aliphatic carbocycles. The van der Waals surface area contributed by atoms with Crippen molar-refractivity contribution < 1.29 is 9.53 Å². The highest BCUT2D eigenvalue weighted by Gasteiger charge is 2.33. The van der Waals surface area contributed by atoms with Gasteiger partial charge in [0.1, 0.15) is 0 Å². The van der Waals surface area contributed by atoms with Crippen LogP contribution in [0.5, 0.6) is 0 Å². The third-order valence-corrected chi connectivity index (χ3v) is 5.31. The topological polar surface area (TPSA) is 48.6 Å². The number of nitrogens with zero attached hydrogens (tertiary/aromatic N) is 2. The van der Waals surface area contributed by atoms with Crippen molar-refractivity contribution in [1.29, 1.82) is 0 Å². The lowest BCUT2D eigenvalue weighted by Gasteiger charge is -2.44. The van der Waals surface area contributed by atoms with E-state index < -0.39 is 0 Å². The molecule has 2 aromatic rings. The number of carbonyl (C=O) groups excluding carboxylic acids is 1. The average molecular weight is 325 g/mol. The van der Waals surface area contributed by atoms with Gasteiger partial charge < -0.3 is 19.5 Å². The standard InChI is InChI=1S/C19H23N3O2/c1-3-19(23)22-10-14(11-22)21(2)18-6-4-5-16-15(18)9-17(20-16)13-7-8-24-12-13/h3-6,9,13-14,20H,1,7-8,10-12H2,2H3/t13-/m1/s1. The van der Waals surface area contributed by atoms with Crippen LogP contribution in [0.1, 0.15) is 18.0 Å². The third kappa shape index (κ3) is 2.49. The summed E-state index contributed by atoms with van der Waals surface area (Å²) in [5, 5.41) is 1.25. The molecule has 1 amide bonds. The number of aromatic amines is 1. The molecule has 2 aliphatic rings. The molecule has 0 bridgehead atoms. The minimum atomic E-state index is 0.0167. The Morgan fingerprint density at radius 2 is 2.29 bits per heavy atom. The molecule has 0 spiro atoms. The van der Waals surface area contributed by atoms with E-state index in [1.807, 2.05) is 4.90 Å². The Bertz CT molecular complexity index is 770. The average Bonchev–Trinajstić information content (AvgIpc) is 3.21. The normalized spacial score (nSPS) is 21.0. The predicted molar refractivity (Wildman–Crippen MR) is 95.4 cm³/mol. The van der Waals surface area contributed by atoms with Gasteiger partial charge in [0.25, 0.3) is 0 Å². The summed E-state index contributed by atoms with van der Waals surface area (Å²) in [6.07, 6.45) is 2.47. The fraction of sp³-hybridized carbons (Fsp3) is 0.421. The molecule has 0 saturated carbocycles. The van der Waals surface area contributed by atoms with Gasteiger partial charge in [-0.2, -0.15) is 0 Å².